The molecule has 5 nitrogen and oxygen atoms in total. The third-order valence-electron chi connectivity index (χ3n) is 4.17. The average molecular weight is 342 g/mol. The number of carbonyl (C=O) groups excluding carboxylic acids is 2. The molecule has 2 fully saturated rings. The van der Waals surface area contributed by atoms with Crippen LogP contribution in [-0.4, -0.2) is 36.5 Å². The topological polar surface area (TPSA) is 61.4 Å². The zero-order valence-electron chi connectivity index (χ0n) is 11.9. The van der Waals surface area contributed by atoms with E-state index in [1.165, 1.54) is 4.90 Å². The van der Waals surface area contributed by atoms with Crippen LogP contribution >= 0.6 is 23.2 Å². The van der Waals surface area contributed by atoms with Gasteiger partial charge < -0.3 is 10.6 Å². The molecule has 2 saturated heterocycles. The summed E-state index contributed by atoms with van der Waals surface area (Å²) in [5.41, 5.74) is 0.842. The van der Waals surface area contributed by atoms with Gasteiger partial charge in [0.2, 0.25) is 5.91 Å². The summed E-state index contributed by atoms with van der Waals surface area (Å²) in [6, 6.07) is 4.85. The molecular formula is C15H17Cl2N3O2. The Bertz CT molecular complexity index is 608. The maximum atomic E-state index is 12.3. The zero-order chi connectivity index (χ0) is 15.7. The molecule has 2 N–H and O–H groups in total. The summed E-state index contributed by atoms with van der Waals surface area (Å²) in [6.07, 6.45) is 0.877. The van der Waals surface area contributed by atoms with Gasteiger partial charge in [-0.05, 0) is 36.6 Å². The summed E-state index contributed by atoms with van der Waals surface area (Å²) >= 11 is 11.8. The molecule has 2 aliphatic rings. The molecule has 0 radical (unpaired) electrons. The highest BCUT2D eigenvalue weighted by molar-refractivity contribution is 6.42. The van der Waals surface area contributed by atoms with Crippen LogP contribution in [0.25, 0.3) is 0 Å². The number of hydrogen-bond acceptors (Lipinski definition) is 3. The number of carbonyl (C=O) groups is 2. The molecule has 118 valence electrons. The first-order valence-electron chi connectivity index (χ1n) is 7.28. The average Bonchev–Trinajstić information content (AvgIpc) is 2.52. The Labute approximate surface area is 138 Å². The maximum absolute atomic E-state index is 12.3. The van der Waals surface area contributed by atoms with Gasteiger partial charge in [0.1, 0.15) is 0 Å². The lowest BCUT2D eigenvalue weighted by Crippen LogP contribution is -2.58. The van der Waals surface area contributed by atoms with Crippen molar-refractivity contribution in [2.24, 2.45) is 11.8 Å². The number of hydrogen-bond donors (Lipinski definition) is 2. The number of nitrogens with one attached hydrogen (secondary N) is 2. The van der Waals surface area contributed by atoms with Gasteiger partial charge in [0.15, 0.2) is 0 Å². The molecule has 2 heterocycles. The van der Waals surface area contributed by atoms with Gasteiger partial charge in [-0.3, -0.25) is 9.69 Å². The smallest absolute Gasteiger partial charge is 0.324 e. The van der Waals surface area contributed by atoms with Gasteiger partial charge in [-0.25, -0.2) is 4.79 Å². The minimum atomic E-state index is -0.340. The molecule has 0 spiro atoms. The van der Waals surface area contributed by atoms with Gasteiger partial charge in [0.05, 0.1) is 16.0 Å². The third kappa shape index (κ3) is 3.21. The number of imide groups is 1. The number of likely N-dealkylation sites (tertiary alicyclic amines) is 1. The lowest BCUT2D eigenvalue weighted by molar-refractivity contribution is -0.137. The first-order chi connectivity index (χ1) is 10.5. The van der Waals surface area contributed by atoms with Crippen molar-refractivity contribution in [3.05, 3.63) is 33.8 Å². The molecule has 3 rings (SSSR count). The van der Waals surface area contributed by atoms with Crippen molar-refractivity contribution in [2.45, 2.75) is 13.0 Å². The largest absolute Gasteiger partial charge is 0.334 e. The number of fused-ring (bicyclic) bond motifs is 2. The molecule has 2 unspecified atom stereocenters. The van der Waals surface area contributed by atoms with Gasteiger partial charge in [-0.2, -0.15) is 0 Å². The van der Waals surface area contributed by atoms with Gasteiger partial charge >= 0.3 is 6.03 Å². The van der Waals surface area contributed by atoms with Crippen molar-refractivity contribution in [1.82, 2.24) is 15.5 Å². The van der Waals surface area contributed by atoms with Crippen molar-refractivity contribution >= 4 is 35.1 Å². The van der Waals surface area contributed by atoms with Crippen LogP contribution in [0.2, 0.25) is 10.0 Å². The number of piperidine rings is 2. The fourth-order valence-corrected chi connectivity index (χ4v) is 3.35. The lowest BCUT2D eigenvalue weighted by atomic mass is 9.85. The molecule has 1 aromatic rings. The van der Waals surface area contributed by atoms with E-state index in [0.29, 0.717) is 35.6 Å². The van der Waals surface area contributed by atoms with Crippen LogP contribution in [0, 0.1) is 11.8 Å². The first-order valence-corrected chi connectivity index (χ1v) is 8.04. The molecule has 0 aromatic heterocycles. The van der Waals surface area contributed by atoms with Crippen molar-refractivity contribution < 1.29 is 9.59 Å². The van der Waals surface area contributed by atoms with Crippen molar-refractivity contribution in [3.63, 3.8) is 0 Å². The highest BCUT2D eigenvalue weighted by atomic mass is 35.5. The van der Waals surface area contributed by atoms with E-state index in [1.54, 1.807) is 18.2 Å². The van der Waals surface area contributed by atoms with Gasteiger partial charge in [-0.1, -0.05) is 29.3 Å². The third-order valence-corrected chi connectivity index (χ3v) is 4.91. The molecule has 2 atom stereocenters. The van der Waals surface area contributed by atoms with Crippen LogP contribution in [0.15, 0.2) is 18.2 Å². The molecule has 0 saturated carbocycles. The Morgan fingerprint density at radius 2 is 2.14 bits per heavy atom. The van der Waals surface area contributed by atoms with E-state index in [9.17, 15) is 9.59 Å². The number of rotatable bonds is 2. The molecule has 7 heteroatoms. The van der Waals surface area contributed by atoms with Crippen LogP contribution < -0.4 is 10.6 Å². The summed E-state index contributed by atoms with van der Waals surface area (Å²) < 4.78 is 0. The predicted molar refractivity (Wildman–Crippen MR) is 84.9 cm³/mol. The van der Waals surface area contributed by atoms with E-state index >= 15 is 0 Å². The molecule has 0 aliphatic carbocycles. The Morgan fingerprint density at radius 3 is 2.91 bits per heavy atom. The lowest BCUT2D eigenvalue weighted by Gasteiger charge is -2.39. The number of nitrogens with zero attached hydrogens (tertiary/aromatic N) is 1. The fraction of sp³-hybridized carbons (Fsp3) is 0.467. The van der Waals surface area contributed by atoms with Crippen LogP contribution in [0.1, 0.15) is 12.0 Å². The van der Waals surface area contributed by atoms with E-state index in [0.717, 1.165) is 18.5 Å². The summed E-state index contributed by atoms with van der Waals surface area (Å²) in [5, 5.41) is 6.94. The second-order valence-corrected chi connectivity index (χ2v) is 6.63. The summed E-state index contributed by atoms with van der Waals surface area (Å²) in [4.78, 5) is 25.9. The van der Waals surface area contributed by atoms with E-state index in [4.69, 9.17) is 23.2 Å². The normalized spacial score (nSPS) is 24.3. The highest BCUT2D eigenvalue weighted by Crippen LogP contribution is 2.26. The Balaban J connectivity index is 1.61. The summed E-state index contributed by atoms with van der Waals surface area (Å²) in [6.45, 7) is 2.31. The number of urea groups is 1. The van der Waals surface area contributed by atoms with Crippen molar-refractivity contribution in [3.8, 4) is 0 Å². The van der Waals surface area contributed by atoms with E-state index in [-0.39, 0.29) is 17.9 Å². The molecule has 22 heavy (non-hydrogen) atoms. The van der Waals surface area contributed by atoms with E-state index < -0.39 is 0 Å². The minimum Gasteiger partial charge on any atom is -0.334 e. The second-order valence-electron chi connectivity index (χ2n) is 5.81. The number of halogens is 2. The molecule has 2 bridgehead atoms. The summed E-state index contributed by atoms with van der Waals surface area (Å²) in [7, 11) is 0. The Morgan fingerprint density at radius 1 is 1.32 bits per heavy atom. The monoisotopic (exact) mass is 341 g/mol. The maximum Gasteiger partial charge on any atom is 0.324 e. The molecule has 1 aromatic carbocycles. The number of benzene rings is 1. The first kappa shape index (κ1) is 15.6. The molecule has 3 amide bonds. The Hall–Kier alpha value is -1.30. The zero-order valence-corrected chi connectivity index (χ0v) is 13.5. The standard InChI is InChI=1S/C15H17Cl2N3O2/c16-12-2-1-9(4-13(12)17)6-19-15(22)20-8-10-3-11(14(20)21)7-18-5-10/h1-2,4,10-11,18H,3,5-8H2,(H,19,22). The molecule has 2 aliphatic heterocycles. The van der Waals surface area contributed by atoms with Crippen molar-refractivity contribution in [1.29, 1.82) is 0 Å². The number of amides is 3. The van der Waals surface area contributed by atoms with Crippen LogP contribution in [-0.2, 0) is 11.3 Å². The van der Waals surface area contributed by atoms with Gasteiger partial charge in [-0.15, -0.1) is 0 Å². The minimum absolute atomic E-state index is 0.0803. The highest BCUT2D eigenvalue weighted by Gasteiger charge is 2.39. The second kappa shape index (κ2) is 6.44. The van der Waals surface area contributed by atoms with Gasteiger partial charge in [0.25, 0.3) is 0 Å². The fourth-order valence-electron chi connectivity index (χ4n) is 3.03. The van der Waals surface area contributed by atoms with Crippen molar-refractivity contribution in [2.75, 3.05) is 19.6 Å². The SMILES string of the molecule is O=C(NCc1ccc(Cl)c(Cl)c1)N1CC2CNCC(C2)C1=O. The quantitative estimate of drug-likeness (QED) is 0.867. The van der Waals surface area contributed by atoms with Gasteiger partial charge in [0, 0.05) is 19.6 Å². The molecular weight excluding hydrogens is 325 g/mol. The predicted octanol–water partition coefficient (Wildman–Crippen LogP) is 2.27. The Kier molecular flexibility index (Phi) is 4.57. The van der Waals surface area contributed by atoms with Crippen LogP contribution in [0.4, 0.5) is 4.79 Å². The van der Waals surface area contributed by atoms with Crippen LogP contribution in [0.3, 0.4) is 0 Å². The van der Waals surface area contributed by atoms with Crippen LogP contribution in [0.5, 0.6) is 0 Å². The van der Waals surface area contributed by atoms with E-state index in [2.05, 4.69) is 10.6 Å². The van der Waals surface area contributed by atoms with E-state index in [1.807, 2.05) is 0 Å². The summed E-state index contributed by atoms with van der Waals surface area (Å²) in [5.74, 6) is 0.186.